The van der Waals surface area contributed by atoms with Crippen LogP contribution in [-0.2, 0) is 9.53 Å². The van der Waals surface area contributed by atoms with Gasteiger partial charge in [0.1, 0.15) is 5.75 Å². The highest BCUT2D eigenvalue weighted by atomic mass is 16.5. The molecule has 0 radical (unpaired) electrons. The largest absolute Gasteiger partial charge is 0.508 e. The topological polar surface area (TPSA) is 46.5 Å². The Labute approximate surface area is 82.6 Å². The van der Waals surface area contributed by atoms with E-state index in [1.165, 1.54) is 13.2 Å². The van der Waals surface area contributed by atoms with E-state index in [4.69, 9.17) is 0 Å². The van der Waals surface area contributed by atoms with E-state index in [9.17, 15) is 9.90 Å². The minimum absolute atomic E-state index is 0.250. The fourth-order valence-corrected chi connectivity index (χ4v) is 1.01. The van der Waals surface area contributed by atoms with Gasteiger partial charge in [0.05, 0.1) is 7.11 Å². The zero-order valence-corrected chi connectivity index (χ0v) is 8.15. The SMILES string of the molecule is COC(=O)C=Cc1ccc(O)c(C)c1. The van der Waals surface area contributed by atoms with Crippen molar-refractivity contribution in [2.75, 3.05) is 7.11 Å². The summed E-state index contributed by atoms with van der Waals surface area (Å²) in [7, 11) is 1.33. The van der Waals surface area contributed by atoms with Gasteiger partial charge in [-0.3, -0.25) is 0 Å². The van der Waals surface area contributed by atoms with Crippen LogP contribution in [-0.4, -0.2) is 18.2 Å². The molecule has 0 aliphatic rings. The molecule has 0 spiro atoms. The van der Waals surface area contributed by atoms with Gasteiger partial charge in [-0.05, 0) is 36.3 Å². The molecule has 0 saturated heterocycles. The van der Waals surface area contributed by atoms with Gasteiger partial charge in [0, 0.05) is 6.08 Å². The van der Waals surface area contributed by atoms with Gasteiger partial charge in [0.15, 0.2) is 0 Å². The van der Waals surface area contributed by atoms with Crippen LogP contribution in [0.1, 0.15) is 11.1 Å². The van der Waals surface area contributed by atoms with Gasteiger partial charge in [-0.25, -0.2) is 4.79 Å². The molecule has 14 heavy (non-hydrogen) atoms. The molecule has 0 aliphatic heterocycles. The zero-order chi connectivity index (χ0) is 10.6. The Morgan fingerprint density at radius 1 is 1.50 bits per heavy atom. The van der Waals surface area contributed by atoms with E-state index in [1.54, 1.807) is 31.2 Å². The molecule has 0 fully saturated rings. The molecular weight excluding hydrogens is 180 g/mol. The summed E-state index contributed by atoms with van der Waals surface area (Å²) in [6.07, 6.45) is 2.98. The van der Waals surface area contributed by atoms with E-state index in [-0.39, 0.29) is 5.75 Å². The second kappa shape index (κ2) is 4.46. The molecule has 0 bridgehead atoms. The molecule has 0 saturated carbocycles. The summed E-state index contributed by atoms with van der Waals surface area (Å²) in [5, 5.41) is 9.25. The third kappa shape index (κ3) is 2.62. The number of phenols is 1. The second-order valence-electron chi connectivity index (χ2n) is 2.90. The van der Waals surface area contributed by atoms with Crippen molar-refractivity contribution in [2.45, 2.75) is 6.92 Å². The first-order valence-electron chi connectivity index (χ1n) is 4.19. The fourth-order valence-electron chi connectivity index (χ4n) is 1.01. The van der Waals surface area contributed by atoms with Crippen LogP contribution in [0.25, 0.3) is 6.08 Å². The number of aryl methyl sites for hydroxylation is 1. The molecule has 3 nitrogen and oxygen atoms in total. The van der Waals surface area contributed by atoms with E-state index in [1.807, 2.05) is 0 Å². The Morgan fingerprint density at radius 2 is 2.21 bits per heavy atom. The van der Waals surface area contributed by atoms with Crippen molar-refractivity contribution >= 4 is 12.0 Å². The van der Waals surface area contributed by atoms with E-state index in [0.717, 1.165) is 11.1 Å². The van der Waals surface area contributed by atoms with Crippen molar-refractivity contribution in [1.29, 1.82) is 0 Å². The van der Waals surface area contributed by atoms with Crippen LogP contribution in [0.3, 0.4) is 0 Å². The Kier molecular flexibility index (Phi) is 3.29. The summed E-state index contributed by atoms with van der Waals surface area (Å²) in [6, 6.07) is 5.10. The van der Waals surface area contributed by atoms with Gasteiger partial charge in [-0.1, -0.05) is 6.07 Å². The first-order chi connectivity index (χ1) is 6.63. The lowest BCUT2D eigenvalue weighted by Gasteiger charge is -1.99. The van der Waals surface area contributed by atoms with Gasteiger partial charge in [0.25, 0.3) is 0 Å². The quantitative estimate of drug-likeness (QED) is 0.575. The summed E-state index contributed by atoms with van der Waals surface area (Å²) in [6.45, 7) is 1.80. The van der Waals surface area contributed by atoms with Crippen LogP contribution < -0.4 is 0 Å². The van der Waals surface area contributed by atoms with E-state index >= 15 is 0 Å². The molecule has 3 heteroatoms. The molecule has 0 unspecified atom stereocenters. The molecule has 0 heterocycles. The lowest BCUT2D eigenvalue weighted by atomic mass is 10.1. The number of phenolic OH excluding ortho intramolecular Hbond substituents is 1. The lowest BCUT2D eigenvalue weighted by Crippen LogP contribution is -1.93. The minimum Gasteiger partial charge on any atom is -0.508 e. The maximum absolute atomic E-state index is 10.8. The standard InChI is InChI=1S/C11H12O3/c1-8-7-9(3-5-10(8)12)4-6-11(13)14-2/h3-7,12H,1-2H3. The number of aromatic hydroxyl groups is 1. The van der Waals surface area contributed by atoms with E-state index in [0.29, 0.717) is 0 Å². The maximum Gasteiger partial charge on any atom is 0.330 e. The molecule has 0 atom stereocenters. The molecule has 1 N–H and O–H groups in total. The highest BCUT2D eigenvalue weighted by molar-refractivity contribution is 5.86. The smallest absolute Gasteiger partial charge is 0.330 e. The number of esters is 1. The van der Waals surface area contributed by atoms with Crippen molar-refractivity contribution < 1.29 is 14.6 Å². The third-order valence-corrected chi connectivity index (χ3v) is 1.83. The summed E-state index contributed by atoms with van der Waals surface area (Å²) < 4.78 is 4.45. The van der Waals surface area contributed by atoms with Crippen molar-refractivity contribution in [3.05, 3.63) is 35.4 Å². The van der Waals surface area contributed by atoms with Crippen molar-refractivity contribution in [2.24, 2.45) is 0 Å². The van der Waals surface area contributed by atoms with Crippen LogP contribution in [0.5, 0.6) is 5.75 Å². The predicted octanol–water partition coefficient (Wildman–Crippen LogP) is 1.89. The number of rotatable bonds is 2. The van der Waals surface area contributed by atoms with Crippen molar-refractivity contribution in [3.8, 4) is 5.75 Å². The lowest BCUT2D eigenvalue weighted by molar-refractivity contribution is -0.134. The van der Waals surface area contributed by atoms with Crippen LogP contribution >= 0.6 is 0 Å². The van der Waals surface area contributed by atoms with Crippen molar-refractivity contribution in [3.63, 3.8) is 0 Å². The predicted molar refractivity (Wildman–Crippen MR) is 53.9 cm³/mol. The number of hydrogen-bond donors (Lipinski definition) is 1. The third-order valence-electron chi connectivity index (χ3n) is 1.83. The molecule has 1 rings (SSSR count). The second-order valence-corrected chi connectivity index (χ2v) is 2.90. The fraction of sp³-hybridized carbons (Fsp3) is 0.182. The maximum atomic E-state index is 10.8. The molecular formula is C11H12O3. The first kappa shape index (κ1) is 10.3. The summed E-state index contributed by atoms with van der Waals surface area (Å²) in [4.78, 5) is 10.8. The molecule has 74 valence electrons. The average Bonchev–Trinajstić information content (AvgIpc) is 2.19. The van der Waals surface area contributed by atoms with Crippen molar-refractivity contribution in [1.82, 2.24) is 0 Å². The Balaban J connectivity index is 2.83. The number of methoxy groups -OCH3 is 1. The zero-order valence-electron chi connectivity index (χ0n) is 8.15. The summed E-state index contributed by atoms with van der Waals surface area (Å²) in [5.74, 6) is -0.143. The van der Waals surface area contributed by atoms with Gasteiger partial charge in [-0.15, -0.1) is 0 Å². The molecule has 1 aromatic carbocycles. The minimum atomic E-state index is -0.393. The highest BCUT2D eigenvalue weighted by Gasteiger charge is 1.96. The molecule has 1 aromatic rings. The van der Waals surface area contributed by atoms with Gasteiger partial charge in [0.2, 0.25) is 0 Å². The molecule has 0 amide bonds. The Bertz CT molecular complexity index is 367. The number of ether oxygens (including phenoxy) is 1. The normalized spacial score (nSPS) is 10.4. The van der Waals surface area contributed by atoms with Crippen LogP contribution in [0.4, 0.5) is 0 Å². The molecule has 0 aliphatic carbocycles. The Hall–Kier alpha value is -1.77. The van der Waals surface area contributed by atoms with Crippen LogP contribution in [0.2, 0.25) is 0 Å². The number of hydrogen-bond acceptors (Lipinski definition) is 3. The van der Waals surface area contributed by atoms with E-state index < -0.39 is 5.97 Å². The van der Waals surface area contributed by atoms with Crippen LogP contribution in [0, 0.1) is 6.92 Å². The first-order valence-corrected chi connectivity index (χ1v) is 4.19. The summed E-state index contributed by atoms with van der Waals surface area (Å²) in [5.41, 5.74) is 1.63. The molecule has 0 aromatic heterocycles. The number of benzene rings is 1. The van der Waals surface area contributed by atoms with Crippen LogP contribution in [0.15, 0.2) is 24.3 Å². The van der Waals surface area contributed by atoms with Gasteiger partial charge in [-0.2, -0.15) is 0 Å². The average molecular weight is 192 g/mol. The van der Waals surface area contributed by atoms with Gasteiger partial charge >= 0.3 is 5.97 Å². The van der Waals surface area contributed by atoms with E-state index in [2.05, 4.69) is 4.74 Å². The highest BCUT2D eigenvalue weighted by Crippen LogP contribution is 2.17. The monoisotopic (exact) mass is 192 g/mol. The number of carbonyl (C=O) groups excluding carboxylic acids is 1. The Morgan fingerprint density at radius 3 is 2.79 bits per heavy atom. The van der Waals surface area contributed by atoms with Gasteiger partial charge < -0.3 is 9.84 Å². The summed E-state index contributed by atoms with van der Waals surface area (Å²) >= 11 is 0. The number of carbonyl (C=O) groups is 1.